The highest BCUT2D eigenvalue weighted by molar-refractivity contribution is 7.68. The Kier molecular flexibility index (Phi) is 4.27. The first-order valence-electron chi connectivity index (χ1n) is 7.00. The molecule has 3 aromatic carbocycles. The molecule has 1 atom stereocenters. The van der Waals surface area contributed by atoms with Crippen molar-refractivity contribution in [2.45, 2.75) is 0 Å². The number of para-hydroxylation sites is 2. The van der Waals surface area contributed by atoms with E-state index in [0.29, 0.717) is 11.1 Å². The van der Waals surface area contributed by atoms with Crippen LogP contribution in [0.4, 0.5) is 5.69 Å². The highest BCUT2D eigenvalue weighted by Crippen LogP contribution is 2.45. The van der Waals surface area contributed by atoms with E-state index in [9.17, 15) is 4.57 Å². The van der Waals surface area contributed by atoms with Crippen LogP contribution in [0, 0.1) is 0 Å². The summed E-state index contributed by atoms with van der Waals surface area (Å²) in [6.45, 7) is 0. The second-order valence-electron chi connectivity index (χ2n) is 4.77. The minimum atomic E-state index is -3.27. The number of hydrogen-bond donors (Lipinski definition) is 1. The van der Waals surface area contributed by atoms with Crippen molar-refractivity contribution in [2.24, 2.45) is 0 Å². The smallest absolute Gasteiger partial charge is 0.371 e. The summed E-state index contributed by atoms with van der Waals surface area (Å²) in [5, 5.41) is 3.68. The maximum atomic E-state index is 13.4. The van der Waals surface area contributed by atoms with Crippen LogP contribution in [0.2, 0.25) is 0 Å². The molecule has 0 spiro atoms. The van der Waals surface area contributed by atoms with Gasteiger partial charge in [0.2, 0.25) is 0 Å². The molecule has 0 aliphatic rings. The van der Waals surface area contributed by atoms with Gasteiger partial charge in [0.05, 0.1) is 5.30 Å². The summed E-state index contributed by atoms with van der Waals surface area (Å²) >= 11 is 0. The molecule has 0 amide bonds. The van der Waals surface area contributed by atoms with Crippen LogP contribution in [-0.4, -0.2) is 0 Å². The second-order valence-corrected chi connectivity index (χ2v) is 6.79. The molecule has 0 saturated heterocycles. The molecule has 1 unspecified atom stereocenters. The van der Waals surface area contributed by atoms with Gasteiger partial charge in [-0.1, -0.05) is 54.6 Å². The first-order chi connectivity index (χ1) is 10.8. The Balaban J connectivity index is 1.97. The summed E-state index contributed by atoms with van der Waals surface area (Å²) in [7, 11) is -3.27. The fraction of sp³-hybridized carbons (Fsp3) is 0. The first kappa shape index (κ1) is 14.4. The Morgan fingerprint density at radius 2 is 1.18 bits per heavy atom. The number of anilines is 1. The van der Waals surface area contributed by atoms with Crippen LogP contribution in [0.3, 0.4) is 0 Å². The van der Waals surface area contributed by atoms with Gasteiger partial charge >= 0.3 is 7.52 Å². The number of rotatable bonds is 5. The van der Waals surface area contributed by atoms with Gasteiger partial charge in [0.25, 0.3) is 0 Å². The van der Waals surface area contributed by atoms with Crippen molar-refractivity contribution in [3.8, 4) is 5.75 Å². The zero-order chi connectivity index (χ0) is 15.3. The third-order valence-electron chi connectivity index (χ3n) is 3.12. The molecular formula is C18H16NO2P. The van der Waals surface area contributed by atoms with Gasteiger partial charge in [-0.15, -0.1) is 0 Å². The predicted molar refractivity (Wildman–Crippen MR) is 90.8 cm³/mol. The largest absolute Gasteiger partial charge is 0.426 e. The van der Waals surface area contributed by atoms with E-state index in [4.69, 9.17) is 4.52 Å². The highest BCUT2D eigenvalue weighted by Gasteiger charge is 2.27. The van der Waals surface area contributed by atoms with Crippen molar-refractivity contribution in [2.75, 3.05) is 5.09 Å². The fourth-order valence-electron chi connectivity index (χ4n) is 2.08. The molecule has 4 heteroatoms. The maximum Gasteiger partial charge on any atom is 0.371 e. The molecule has 0 heterocycles. The lowest BCUT2D eigenvalue weighted by molar-refractivity contribution is 0.498. The Morgan fingerprint density at radius 3 is 1.77 bits per heavy atom. The number of hydrogen-bond acceptors (Lipinski definition) is 2. The molecule has 3 nitrogen and oxygen atoms in total. The maximum absolute atomic E-state index is 13.4. The van der Waals surface area contributed by atoms with E-state index in [1.54, 1.807) is 24.3 Å². The van der Waals surface area contributed by atoms with Crippen LogP contribution in [0.25, 0.3) is 0 Å². The Bertz CT molecular complexity index is 715. The van der Waals surface area contributed by atoms with E-state index < -0.39 is 7.52 Å². The summed E-state index contributed by atoms with van der Waals surface area (Å²) in [5.74, 6) is 0.568. The molecule has 0 aromatic heterocycles. The Morgan fingerprint density at radius 1 is 0.682 bits per heavy atom. The molecule has 110 valence electrons. The van der Waals surface area contributed by atoms with Crippen LogP contribution < -0.4 is 14.9 Å². The fourth-order valence-corrected chi connectivity index (χ4v) is 3.83. The zero-order valence-corrected chi connectivity index (χ0v) is 12.8. The monoisotopic (exact) mass is 309 g/mol. The topological polar surface area (TPSA) is 38.3 Å². The lowest BCUT2D eigenvalue weighted by Crippen LogP contribution is -2.16. The van der Waals surface area contributed by atoms with Crippen molar-refractivity contribution in [1.82, 2.24) is 0 Å². The second kappa shape index (κ2) is 6.50. The number of nitrogens with one attached hydrogen (secondary N) is 1. The lowest BCUT2D eigenvalue weighted by atomic mass is 10.3. The SMILES string of the molecule is O=P(Nc1ccccc1)(Oc1ccccc1)c1ccccc1. The Hall–Kier alpha value is -2.51. The van der Waals surface area contributed by atoms with Gasteiger partial charge in [-0.3, -0.25) is 0 Å². The van der Waals surface area contributed by atoms with Gasteiger partial charge in [0.1, 0.15) is 5.75 Å². The summed E-state index contributed by atoms with van der Waals surface area (Å²) in [5.41, 5.74) is 0.755. The number of benzene rings is 3. The van der Waals surface area contributed by atoms with Crippen LogP contribution in [0.15, 0.2) is 91.0 Å². The van der Waals surface area contributed by atoms with Gasteiger partial charge in [-0.05, 0) is 36.4 Å². The lowest BCUT2D eigenvalue weighted by Gasteiger charge is -2.21. The van der Waals surface area contributed by atoms with Crippen molar-refractivity contribution in [3.05, 3.63) is 91.0 Å². The van der Waals surface area contributed by atoms with Crippen LogP contribution >= 0.6 is 7.52 Å². The molecule has 22 heavy (non-hydrogen) atoms. The minimum absolute atomic E-state index is 0.568. The van der Waals surface area contributed by atoms with Crippen molar-refractivity contribution < 1.29 is 9.09 Å². The molecule has 0 saturated carbocycles. The standard InChI is InChI=1S/C18H16NO2P/c20-22(18-14-8-3-9-15-18,19-16-10-4-1-5-11-16)21-17-12-6-2-7-13-17/h1-15H,(H,19,20). The molecule has 3 aromatic rings. The molecular weight excluding hydrogens is 293 g/mol. The molecule has 0 bridgehead atoms. The van der Waals surface area contributed by atoms with E-state index in [2.05, 4.69) is 5.09 Å². The van der Waals surface area contributed by atoms with Gasteiger partial charge in [0, 0.05) is 5.69 Å². The quantitative estimate of drug-likeness (QED) is 0.694. The summed E-state index contributed by atoms with van der Waals surface area (Å²) in [6.07, 6.45) is 0. The van der Waals surface area contributed by atoms with Crippen LogP contribution in [0.5, 0.6) is 5.75 Å². The zero-order valence-electron chi connectivity index (χ0n) is 11.9. The van der Waals surface area contributed by atoms with Crippen molar-refractivity contribution in [1.29, 1.82) is 0 Å². The van der Waals surface area contributed by atoms with Crippen molar-refractivity contribution in [3.63, 3.8) is 0 Å². The summed E-state index contributed by atoms with van der Waals surface area (Å²) in [6, 6.07) is 27.8. The minimum Gasteiger partial charge on any atom is -0.426 e. The average molecular weight is 309 g/mol. The first-order valence-corrected chi connectivity index (χ1v) is 8.62. The van der Waals surface area contributed by atoms with Crippen molar-refractivity contribution >= 4 is 18.5 Å². The third-order valence-corrected chi connectivity index (χ3v) is 5.12. The van der Waals surface area contributed by atoms with E-state index in [-0.39, 0.29) is 0 Å². The molecule has 0 fully saturated rings. The van der Waals surface area contributed by atoms with E-state index in [1.165, 1.54) is 0 Å². The third kappa shape index (κ3) is 3.38. The van der Waals surface area contributed by atoms with E-state index in [1.807, 2.05) is 66.7 Å². The molecule has 1 N–H and O–H groups in total. The molecule has 3 rings (SSSR count). The normalized spacial score (nSPS) is 13.1. The van der Waals surface area contributed by atoms with Gasteiger partial charge in [-0.25, -0.2) is 4.57 Å². The Labute approximate surface area is 130 Å². The summed E-state index contributed by atoms with van der Waals surface area (Å²) in [4.78, 5) is 0. The predicted octanol–water partition coefficient (Wildman–Crippen LogP) is 4.70. The van der Waals surface area contributed by atoms with Gasteiger partial charge < -0.3 is 9.61 Å². The van der Waals surface area contributed by atoms with E-state index in [0.717, 1.165) is 5.69 Å². The van der Waals surface area contributed by atoms with Gasteiger partial charge in [0.15, 0.2) is 0 Å². The van der Waals surface area contributed by atoms with Crippen LogP contribution in [0.1, 0.15) is 0 Å². The molecule has 0 aliphatic heterocycles. The van der Waals surface area contributed by atoms with E-state index >= 15 is 0 Å². The molecule has 0 radical (unpaired) electrons. The van der Waals surface area contributed by atoms with Gasteiger partial charge in [-0.2, -0.15) is 0 Å². The summed E-state index contributed by atoms with van der Waals surface area (Å²) < 4.78 is 19.3. The molecule has 0 aliphatic carbocycles. The highest BCUT2D eigenvalue weighted by atomic mass is 31.2. The van der Waals surface area contributed by atoms with Crippen LogP contribution in [-0.2, 0) is 4.57 Å². The average Bonchev–Trinajstić information content (AvgIpc) is 2.57.